The third kappa shape index (κ3) is 2.17. The largest absolute Gasteiger partial charge is 0.327 e. The zero-order chi connectivity index (χ0) is 13.3. The molecule has 2 heterocycles. The number of urea groups is 1. The van der Waals surface area contributed by atoms with Crippen LogP contribution in [-0.2, 0) is 11.3 Å². The van der Waals surface area contributed by atoms with Crippen LogP contribution in [0.4, 0.5) is 4.79 Å². The van der Waals surface area contributed by atoms with Crippen LogP contribution in [0.5, 0.6) is 0 Å². The van der Waals surface area contributed by atoms with Crippen LogP contribution in [0, 0.1) is 0 Å². The number of nitrogen functional groups attached to an aromatic ring is 1. The zero-order valence-corrected chi connectivity index (χ0v) is 10.4. The van der Waals surface area contributed by atoms with E-state index in [1.165, 1.54) is 4.90 Å². The molecule has 8 nitrogen and oxygen atoms in total. The molecule has 1 aliphatic rings. The second kappa shape index (κ2) is 4.70. The number of amides is 4. The predicted octanol–water partition coefficient (Wildman–Crippen LogP) is -0.859. The monoisotopic (exact) mass is 269 g/mol. The quantitative estimate of drug-likeness (QED) is 0.321. The van der Waals surface area contributed by atoms with Crippen LogP contribution in [-0.4, -0.2) is 46.2 Å². The number of carbonyl (C=O) groups is 3. The molecule has 0 radical (unpaired) electrons. The van der Waals surface area contributed by atoms with Crippen molar-refractivity contribution in [2.75, 3.05) is 13.6 Å². The first kappa shape index (κ1) is 12.5. The van der Waals surface area contributed by atoms with Crippen molar-refractivity contribution in [2.24, 2.45) is 5.84 Å². The van der Waals surface area contributed by atoms with Gasteiger partial charge in [0.1, 0.15) is 6.54 Å². The van der Waals surface area contributed by atoms with Gasteiger partial charge in [0.2, 0.25) is 0 Å². The van der Waals surface area contributed by atoms with Gasteiger partial charge in [0.15, 0.2) is 5.01 Å². The van der Waals surface area contributed by atoms with Crippen LogP contribution >= 0.6 is 11.3 Å². The van der Waals surface area contributed by atoms with Crippen molar-refractivity contribution >= 4 is 29.2 Å². The topological polar surface area (TPSA) is 109 Å². The number of imide groups is 1. The maximum atomic E-state index is 11.6. The number of hydrogen-bond donors (Lipinski definition) is 2. The van der Waals surface area contributed by atoms with Gasteiger partial charge >= 0.3 is 6.03 Å². The molecule has 4 amide bonds. The van der Waals surface area contributed by atoms with Gasteiger partial charge < -0.3 is 4.90 Å². The lowest BCUT2D eigenvalue weighted by Gasteiger charge is -2.11. The summed E-state index contributed by atoms with van der Waals surface area (Å²) in [5.74, 6) is 4.21. The minimum absolute atomic E-state index is 0.0658. The van der Waals surface area contributed by atoms with Crippen LogP contribution in [0.25, 0.3) is 0 Å². The summed E-state index contributed by atoms with van der Waals surface area (Å²) < 4.78 is 0. The molecule has 3 N–H and O–H groups in total. The van der Waals surface area contributed by atoms with Crippen LogP contribution in [0.3, 0.4) is 0 Å². The first-order valence-corrected chi connectivity index (χ1v) is 5.91. The van der Waals surface area contributed by atoms with Crippen molar-refractivity contribution < 1.29 is 14.4 Å². The molecule has 18 heavy (non-hydrogen) atoms. The predicted molar refractivity (Wildman–Crippen MR) is 62.3 cm³/mol. The normalized spacial score (nSPS) is 15.4. The van der Waals surface area contributed by atoms with Gasteiger partial charge in [0.05, 0.1) is 12.2 Å². The third-order valence-corrected chi connectivity index (χ3v) is 3.32. The highest BCUT2D eigenvalue weighted by Gasteiger charge is 2.33. The highest BCUT2D eigenvalue weighted by Crippen LogP contribution is 2.15. The molecule has 0 bridgehead atoms. The fraction of sp³-hybridized carbons (Fsp3) is 0.333. The number of hydrazine groups is 1. The summed E-state index contributed by atoms with van der Waals surface area (Å²) in [7, 11) is 1.55. The van der Waals surface area contributed by atoms with Gasteiger partial charge in [-0.1, -0.05) is 0 Å². The molecule has 0 atom stereocenters. The Morgan fingerprint density at radius 2 is 2.33 bits per heavy atom. The Kier molecular flexibility index (Phi) is 3.26. The second-order valence-corrected chi connectivity index (χ2v) is 4.59. The number of nitrogens with zero attached hydrogens (tertiary/aromatic N) is 3. The third-order valence-electron chi connectivity index (χ3n) is 2.43. The summed E-state index contributed by atoms with van der Waals surface area (Å²) in [5, 5.41) is 1.81. The zero-order valence-electron chi connectivity index (χ0n) is 9.54. The average molecular weight is 269 g/mol. The Labute approximate surface area is 106 Å². The Morgan fingerprint density at radius 3 is 2.89 bits per heavy atom. The van der Waals surface area contributed by atoms with Gasteiger partial charge in [-0.15, -0.1) is 11.3 Å². The molecular formula is C9H11N5O3S. The van der Waals surface area contributed by atoms with Crippen LogP contribution in [0.1, 0.15) is 15.5 Å². The van der Waals surface area contributed by atoms with Crippen molar-refractivity contribution in [2.45, 2.75) is 6.54 Å². The lowest BCUT2D eigenvalue weighted by atomic mass is 10.4. The maximum absolute atomic E-state index is 11.6. The Bertz CT molecular complexity index is 514. The number of nitrogens with one attached hydrogen (secondary N) is 1. The molecule has 0 aliphatic carbocycles. The SMILES string of the molecule is CN1CC(=O)N(Cc2csc(C(=O)NN)n2)C1=O. The van der Waals surface area contributed by atoms with Crippen LogP contribution in [0.15, 0.2) is 5.38 Å². The van der Waals surface area contributed by atoms with Gasteiger partial charge in [0.25, 0.3) is 11.8 Å². The smallest absolute Gasteiger partial charge is 0.318 e. The minimum atomic E-state index is -0.498. The number of likely N-dealkylation sites (N-methyl/N-ethyl adjacent to an activating group) is 1. The average Bonchev–Trinajstić information content (AvgIpc) is 2.90. The molecule has 0 unspecified atom stereocenters. The molecule has 96 valence electrons. The van der Waals surface area contributed by atoms with Crippen molar-refractivity contribution in [3.05, 3.63) is 16.1 Å². The van der Waals surface area contributed by atoms with E-state index in [1.807, 2.05) is 5.43 Å². The Morgan fingerprint density at radius 1 is 1.61 bits per heavy atom. The minimum Gasteiger partial charge on any atom is -0.318 e. The summed E-state index contributed by atoms with van der Waals surface area (Å²) in [6.45, 7) is 0.134. The molecule has 0 aromatic carbocycles. The van der Waals surface area contributed by atoms with E-state index in [9.17, 15) is 14.4 Å². The molecule has 1 saturated heterocycles. The van der Waals surface area contributed by atoms with Gasteiger partial charge in [-0.3, -0.25) is 19.9 Å². The molecule has 9 heteroatoms. The second-order valence-electron chi connectivity index (χ2n) is 3.74. The van der Waals surface area contributed by atoms with Crippen LogP contribution in [0.2, 0.25) is 0 Å². The van der Waals surface area contributed by atoms with E-state index in [1.54, 1.807) is 12.4 Å². The highest BCUT2D eigenvalue weighted by molar-refractivity contribution is 7.11. The molecule has 1 fully saturated rings. The number of aromatic nitrogens is 1. The molecular weight excluding hydrogens is 258 g/mol. The molecule has 1 aliphatic heterocycles. The summed E-state index contributed by atoms with van der Waals surface area (Å²) >= 11 is 1.10. The number of nitrogens with two attached hydrogens (primary N) is 1. The Balaban J connectivity index is 2.10. The van der Waals surface area contributed by atoms with Crippen LogP contribution < -0.4 is 11.3 Å². The van der Waals surface area contributed by atoms with Gasteiger partial charge in [-0.05, 0) is 0 Å². The van der Waals surface area contributed by atoms with E-state index < -0.39 is 5.91 Å². The van der Waals surface area contributed by atoms with Gasteiger partial charge in [-0.2, -0.15) is 0 Å². The van der Waals surface area contributed by atoms with Crippen molar-refractivity contribution in [3.8, 4) is 0 Å². The highest BCUT2D eigenvalue weighted by atomic mass is 32.1. The summed E-state index contributed by atoms with van der Waals surface area (Å²) in [4.78, 5) is 40.8. The molecule has 0 spiro atoms. The molecule has 1 aromatic rings. The van der Waals surface area contributed by atoms with E-state index in [4.69, 9.17) is 5.84 Å². The molecule has 2 rings (SSSR count). The first-order chi connectivity index (χ1) is 8.52. The van der Waals surface area contributed by atoms with Crippen molar-refractivity contribution in [1.29, 1.82) is 0 Å². The number of carbonyl (C=O) groups excluding carboxylic acids is 3. The first-order valence-electron chi connectivity index (χ1n) is 5.03. The van der Waals surface area contributed by atoms with E-state index in [0.29, 0.717) is 5.69 Å². The lowest BCUT2D eigenvalue weighted by molar-refractivity contribution is -0.125. The fourth-order valence-electron chi connectivity index (χ4n) is 1.53. The maximum Gasteiger partial charge on any atom is 0.327 e. The summed E-state index contributed by atoms with van der Waals surface area (Å²) in [5.41, 5.74) is 2.45. The number of thiazole rings is 1. The van der Waals surface area contributed by atoms with Crippen molar-refractivity contribution in [1.82, 2.24) is 20.2 Å². The number of rotatable bonds is 3. The standard InChI is InChI=1S/C9H11N5O3S/c1-13-3-6(15)14(9(13)17)2-5-4-18-8(11-5)7(16)12-10/h4H,2-3,10H2,1H3,(H,12,16). The lowest BCUT2D eigenvalue weighted by Crippen LogP contribution is -2.31. The van der Waals surface area contributed by atoms with Crippen molar-refractivity contribution in [3.63, 3.8) is 0 Å². The Hall–Kier alpha value is -2.00. The fourth-order valence-corrected chi connectivity index (χ4v) is 2.24. The van der Waals surface area contributed by atoms with E-state index in [0.717, 1.165) is 16.2 Å². The van der Waals surface area contributed by atoms with Gasteiger partial charge in [-0.25, -0.2) is 15.6 Å². The summed E-state index contributed by atoms with van der Waals surface area (Å²) in [6, 6.07) is -0.363. The van der Waals surface area contributed by atoms with E-state index >= 15 is 0 Å². The van der Waals surface area contributed by atoms with E-state index in [2.05, 4.69) is 4.98 Å². The molecule has 0 saturated carbocycles. The number of hydrogen-bond acceptors (Lipinski definition) is 6. The summed E-state index contributed by atoms with van der Waals surface area (Å²) in [6.07, 6.45) is 0. The molecule has 1 aromatic heterocycles. The van der Waals surface area contributed by atoms with E-state index in [-0.39, 0.29) is 30.0 Å². The van der Waals surface area contributed by atoms with Gasteiger partial charge in [0, 0.05) is 12.4 Å².